The minimum Gasteiger partial charge on any atom is -0.548 e. The maximum Gasteiger partial charge on any atom is 0.261 e. The first-order valence-corrected chi connectivity index (χ1v) is 21.3. The third kappa shape index (κ3) is 12.7. The van der Waals surface area contributed by atoms with Crippen molar-refractivity contribution in [2.75, 3.05) is 35.2 Å². The van der Waals surface area contributed by atoms with Crippen molar-refractivity contribution < 1.29 is 29.4 Å². The van der Waals surface area contributed by atoms with Gasteiger partial charge in [0.2, 0.25) is 11.9 Å². The summed E-state index contributed by atoms with van der Waals surface area (Å²) in [4.78, 5) is 87.9. The summed E-state index contributed by atoms with van der Waals surface area (Å²) in [6, 6.07) is 4.43. The zero-order valence-corrected chi connectivity index (χ0v) is 37.1. The number of tetrazole rings is 2. The number of fused-ring (bicyclic) bond motifs is 2. The van der Waals surface area contributed by atoms with Crippen molar-refractivity contribution in [1.82, 2.24) is 84.1 Å². The number of nitrogens with one attached hydrogen (secondary N) is 8. The number of quaternary nitrogens is 2. The molecular formula is C36H48N20O8S2. The smallest absolute Gasteiger partial charge is 0.261 e. The van der Waals surface area contributed by atoms with E-state index in [0.717, 1.165) is 22.6 Å². The Morgan fingerprint density at radius 1 is 0.682 bits per heavy atom. The Kier molecular flexibility index (Phi) is 16.6. The molecule has 6 aromatic heterocycles. The van der Waals surface area contributed by atoms with E-state index in [-0.39, 0.29) is 71.6 Å². The van der Waals surface area contributed by atoms with Crippen LogP contribution in [0.25, 0.3) is 0 Å². The zero-order chi connectivity index (χ0) is 45.3. The lowest BCUT2D eigenvalue weighted by atomic mass is 9.92. The first-order chi connectivity index (χ1) is 30.8. The number of hydrogen-bond donors (Lipinski definition) is 12. The van der Waals surface area contributed by atoms with Crippen LogP contribution in [0.1, 0.15) is 64.7 Å². The summed E-state index contributed by atoms with van der Waals surface area (Å²) >= 11 is 2.58. The molecule has 2 amide bonds. The van der Waals surface area contributed by atoms with Crippen LogP contribution >= 0.6 is 22.7 Å². The average Bonchev–Trinajstić information content (AvgIpc) is 4.12. The number of aliphatic carboxylic acids is 2. The lowest BCUT2D eigenvalue weighted by molar-refractivity contribution is -0.309. The van der Waals surface area contributed by atoms with E-state index in [1.165, 1.54) is 22.7 Å². The molecule has 0 aromatic carbocycles. The molecule has 0 saturated carbocycles. The fourth-order valence-corrected chi connectivity index (χ4v) is 8.88. The van der Waals surface area contributed by atoms with Gasteiger partial charge in [-0.2, -0.15) is 20.4 Å². The molecule has 0 bridgehead atoms. The first-order valence-electron chi connectivity index (χ1n) is 19.7. The summed E-state index contributed by atoms with van der Waals surface area (Å²) < 4.78 is 0. The molecule has 6 aromatic rings. The van der Waals surface area contributed by atoms with Crippen molar-refractivity contribution in [1.29, 1.82) is 0 Å². The zero-order valence-electron chi connectivity index (χ0n) is 35.5. The molecule has 352 valence electrons. The number of nitrogens with zero attached hydrogens (tertiary/aromatic N) is 8. The summed E-state index contributed by atoms with van der Waals surface area (Å²) in [6.45, 7) is 1.34. The number of amides is 2. The molecule has 2 aliphatic rings. The van der Waals surface area contributed by atoms with Gasteiger partial charge in [-0.05, 0) is 74.6 Å². The number of thiophene rings is 2. The standard InChI is InChI=1S/2C18H21N9O4S.2H3N/c2*19-18-22-14-10(15(28)23-18)5-8(7-20-14)1-2-9-3-4-12(32-9)16(29)21-11(17(30)31)6-13-24-26-27-25-13;;/h2*3-4,8,11H,1-2,5-7H2,(H,21,29)(H,30,31)(H,24,25,26,27)(H4,19,20,22,23,28);2*1H3. The Labute approximate surface area is 380 Å². The van der Waals surface area contributed by atoms with Crippen LogP contribution in [0.15, 0.2) is 33.9 Å². The summed E-state index contributed by atoms with van der Waals surface area (Å²) in [5.41, 5.74) is 11.9. The minimum atomic E-state index is -1.43. The fraction of sp³-hybridized carbons (Fsp3) is 0.389. The molecule has 0 fully saturated rings. The third-order valence-electron chi connectivity index (χ3n) is 10.3. The van der Waals surface area contributed by atoms with Crippen molar-refractivity contribution in [2.45, 2.75) is 63.5 Å². The van der Waals surface area contributed by atoms with E-state index in [9.17, 15) is 39.0 Å². The molecule has 8 heterocycles. The van der Waals surface area contributed by atoms with Crippen LogP contribution in [-0.4, -0.2) is 110 Å². The van der Waals surface area contributed by atoms with Gasteiger partial charge in [0.05, 0.1) is 44.9 Å². The number of nitrogen functional groups attached to an aromatic ring is 2. The van der Waals surface area contributed by atoms with Gasteiger partial charge in [0.25, 0.3) is 22.9 Å². The number of rotatable bonds is 16. The molecule has 28 nitrogen and oxygen atoms in total. The molecule has 20 N–H and O–H groups in total. The molecule has 8 rings (SSSR count). The number of carbonyl (C=O) groups is 4. The highest BCUT2D eigenvalue weighted by Crippen LogP contribution is 2.27. The second-order valence-corrected chi connectivity index (χ2v) is 17.2. The van der Waals surface area contributed by atoms with E-state index >= 15 is 0 Å². The highest BCUT2D eigenvalue weighted by atomic mass is 32.1. The predicted octanol–water partition coefficient (Wildman–Crippen LogP) is -2.78. The van der Waals surface area contributed by atoms with Crippen LogP contribution in [-0.2, 0) is 48.1 Å². The number of carboxylic acids is 2. The molecule has 2 aliphatic heterocycles. The number of aryl methyl sites for hydroxylation is 2. The molecule has 0 spiro atoms. The number of aromatic nitrogens is 12. The molecule has 4 atom stereocenters. The van der Waals surface area contributed by atoms with E-state index in [1.54, 1.807) is 12.1 Å². The van der Waals surface area contributed by atoms with Gasteiger partial charge in [-0.25, -0.2) is 0 Å². The van der Waals surface area contributed by atoms with Crippen molar-refractivity contribution in [3.05, 3.63) is 87.3 Å². The fourth-order valence-electron chi connectivity index (χ4n) is 7.02. The summed E-state index contributed by atoms with van der Waals surface area (Å²) in [5, 5.41) is 59.8. The van der Waals surface area contributed by atoms with Gasteiger partial charge in [0, 0.05) is 35.7 Å². The van der Waals surface area contributed by atoms with Gasteiger partial charge in [-0.1, -0.05) is 10.4 Å². The van der Waals surface area contributed by atoms with Crippen LogP contribution in [0.5, 0.6) is 0 Å². The van der Waals surface area contributed by atoms with Crippen molar-refractivity contribution >= 4 is 70.0 Å². The van der Waals surface area contributed by atoms with E-state index in [4.69, 9.17) is 11.5 Å². The number of aromatic amines is 4. The lowest BCUT2D eigenvalue weighted by Crippen LogP contribution is -2.49. The van der Waals surface area contributed by atoms with E-state index < -0.39 is 35.8 Å². The third-order valence-corrected chi connectivity index (χ3v) is 12.6. The monoisotopic (exact) mass is 952 g/mol. The van der Waals surface area contributed by atoms with Crippen LogP contribution in [0.2, 0.25) is 0 Å². The van der Waals surface area contributed by atoms with Gasteiger partial charge in [-0.15, -0.1) is 43.1 Å². The van der Waals surface area contributed by atoms with Gasteiger partial charge in [0.15, 0.2) is 11.6 Å². The maximum absolute atomic E-state index is 12.5. The second kappa shape index (κ2) is 22.3. The highest BCUT2D eigenvalue weighted by Gasteiger charge is 2.25. The molecule has 0 radical (unpaired) electrons. The van der Waals surface area contributed by atoms with Crippen LogP contribution in [0.3, 0.4) is 0 Å². The number of hydrogen-bond acceptors (Lipinski definition) is 22. The SMILES string of the molecule is Nc1nc2c(c(=O)[nH]1)CC(CCc1ccc(C(=O)NC(Cc3nn[nH]n3)C(=O)[O-])s1)CN2.Nc1nc2c(c(=O)[nH]1)CC(CCc1ccc(C(=O)NC(Cc3nn[nH]n3)C(=O)[O-])s1)CN2.[NH4+].[NH4+]. The van der Waals surface area contributed by atoms with Gasteiger partial charge >= 0.3 is 0 Å². The minimum absolute atomic E-state index is 0. The van der Waals surface area contributed by atoms with Crippen LogP contribution in [0.4, 0.5) is 23.5 Å². The Hall–Kier alpha value is -7.70. The van der Waals surface area contributed by atoms with Crippen molar-refractivity contribution in [2.24, 2.45) is 11.8 Å². The van der Waals surface area contributed by atoms with Gasteiger partial charge in [-0.3, -0.25) is 29.1 Å². The second-order valence-electron chi connectivity index (χ2n) is 14.8. The van der Waals surface area contributed by atoms with Gasteiger partial charge < -0.3 is 64.8 Å². The number of anilines is 4. The first kappa shape index (κ1) is 49.3. The number of carbonyl (C=O) groups excluding carboxylic acids is 4. The largest absolute Gasteiger partial charge is 0.548 e. The number of carboxylic acid groups (broad SMARTS) is 2. The molecule has 66 heavy (non-hydrogen) atoms. The van der Waals surface area contributed by atoms with E-state index in [0.29, 0.717) is 71.3 Å². The van der Waals surface area contributed by atoms with Crippen molar-refractivity contribution in [3.8, 4) is 0 Å². The Morgan fingerprint density at radius 2 is 1.09 bits per heavy atom. The maximum atomic E-state index is 12.5. The summed E-state index contributed by atoms with van der Waals surface area (Å²) in [7, 11) is 0. The lowest BCUT2D eigenvalue weighted by Gasteiger charge is -2.24. The summed E-state index contributed by atoms with van der Waals surface area (Å²) in [5.74, 6) is -1.89. The van der Waals surface area contributed by atoms with E-state index in [2.05, 4.69) is 82.5 Å². The Balaban J connectivity index is 0.000000240. The normalized spacial score (nSPS) is 15.6. The average molecular weight is 953 g/mol. The molecule has 0 saturated heterocycles. The Morgan fingerprint density at radius 3 is 1.45 bits per heavy atom. The summed E-state index contributed by atoms with van der Waals surface area (Å²) in [6.07, 6.45) is 3.94. The van der Waals surface area contributed by atoms with Crippen LogP contribution in [0, 0.1) is 11.8 Å². The quantitative estimate of drug-likeness (QED) is 0.0467. The van der Waals surface area contributed by atoms with Crippen molar-refractivity contribution in [3.63, 3.8) is 0 Å². The van der Waals surface area contributed by atoms with E-state index in [1.807, 2.05) is 12.1 Å². The molecule has 0 aliphatic carbocycles. The highest BCUT2D eigenvalue weighted by molar-refractivity contribution is 7.14. The molecule has 4 unspecified atom stereocenters. The predicted molar refractivity (Wildman–Crippen MR) is 235 cm³/mol. The topological polar surface area (TPSA) is 488 Å². The Bertz CT molecular complexity index is 2530. The molecule has 30 heteroatoms. The number of nitrogens with two attached hydrogens (primary N) is 2. The number of H-pyrrole nitrogens is 4. The van der Waals surface area contributed by atoms with Gasteiger partial charge in [0.1, 0.15) is 11.6 Å². The molecular weight excluding hydrogens is 905 g/mol. The van der Waals surface area contributed by atoms with Crippen LogP contribution < -0.4 is 66.4 Å².